The SMILES string of the molecule is Cc1cc(Nc2ncnc3cnc(N4CC(O)C(F)(F)C4)nc23)ccc1Oc1ccc2c(c1)ncn2C. The van der Waals surface area contributed by atoms with Crippen LogP contribution in [0.2, 0.25) is 0 Å². The molecule has 6 rings (SSSR count). The highest BCUT2D eigenvalue weighted by Gasteiger charge is 2.48. The maximum absolute atomic E-state index is 13.8. The molecule has 0 spiro atoms. The van der Waals surface area contributed by atoms with Gasteiger partial charge in [-0.15, -0.1) is 0 Å². The molecule has 0 saturated carbocycles. The summed E-state index contributed by atoms with van der Waals surface area (Å²) in [6, 6.07) is 11.3. The topological polar surface area (TPSA) is 114 Å². The Morgan fingerprint density at radius 2 is 1.95 bits per heavy atom. The lowest BCUT2D eigenvalue weighted by atomic mass is 10.2. The molecule has 2 aromatic carbocycles. The normalized spacial score (nSPS) is 17.0. The van der Waals surface area contributed by atoms with Crippen molar-refractivity contribution < 1.29 is 18.6 Å². The maximum Gasteiger partial charge on any atom is 0.292 e. The van der Waals surface area contributed by atoms with Crippen LogP contribution in [0.3, 0.4) is 0 Å². The second-order valence-electron chi connectivity index (χ2n) is 9.00. The molecule has 1 unspecified atom stereocenters. The quantitative estimate of drug-likeness (QED) is 0.367. The molecule has 188 valence electrons. The summed E-state index contributed by atoms with van der Waals surface area (Å²) < 4.78 is 35.7. The van der Waals surface area contributed by atoms with Crippen molar-refractivity contribution in [2.24, 2.45) is 7.05 Å². The minimum atomic E-state index is -3.22. The smallest absolute Gasteiger partial charge is 0.292 e. The molecule has 3 aromatic heterocycles. The highest BCUT2D eigenvalue weighted by molar-refractivity contribution is 5.87. The molecule has 1 saturated heterocycles. The molecule has 0 aliphatic carbocycles. The molecule has 37 heavy (non-hydrogen) atoms. The van der Waals surface area contributed by atoms with E-state index >= 15 is 0 Å². The number of aliphatic hydroxyl groups excluding tert-OH is 1. The molecule has 1 fully saturated rings. The molecule has 2 N–H and O–H groups in total. The Balaban J connectivity index is 1.25. The van der Waals surface area contributed by atoms with Crippen LogP contribution >= 0.6 is 0 Å². The van der Waals surface area contributed by atoms with Gasteiger partial charge in [0.1, 0.15) is 35.0 Å². The summed E-state index contributed by atoms with van der Waals surface area (Å²) in [6.07, 6.45) is 2.81. The third kappa shape index (κ3) is 4.25. The fourth-order valence-corrected chi connectivity index (χ4v) is 4.29. The number of nitrogens with one attached hydrogen (secondary N) is 1. The molecule has 12 heteroatoms. The summed E-state index contributed by atoms with van der Waals surface area (Å²) in [5.74, 6) is -1.39. The van der Waals surface area contributed by atoms with Gasteiger partial charge in [0.2, 0.25) is 5.95 Å². The number of nitrogens with zero attached hydrogens (tertiary/aromatic N) is 7. The number of halogens is 2. The van der Waals surface area contributed by atoms with Gasteiger partial charge in [-0.3, -0.25) is 0 Å². The first-order chi connectivity index (χ1) is 17.8. The first kappa shape index (κ1) is 23.0. The number of hydrogen-bond acceptors (Lipinski definition) is 9. The molecule has 5 aromatic rings. The predicted octanol–water partition coefficient (Wildman–Crippen LogP) is 3.97. The van der Waals surface area contributed by atoms with Crippen molar-refractivity contribution in [2.45, 2.75) is 19.0 Å². The summed E-state index contributed by atoms with van der Waals surface area (Å²) in [4.78, 5) is 22.7. The number of anilines is 3. The van der Waals surface area contributed by atoms with E-state index in [4.69, 9.17) is 4.74 Å². The number of β-amino-alcohol motifs (C(OH)–C–C–N with tert-alkyl or cyclic N) is 1. The highest BCUT2D eigenvalue weighted by atomic mass is 19.3. The van der Waals surface area contributed by atoms with Gasteiger partial charge in [0, 0.05) is 18.8 Å². The summed E-state index contributed by atoms with van der Waals surface area (Å²) >= 11 is 0. The molecule has 1 atom stereocenters. The molecular weight excluding hydrogens is 482 g/mol. The van der Waals surface area contributed by atoms with Crippen molar-refractivity contribution in [2.75, 3.05) is 23.3 Å². The number of imidazole rings is 1. The monoisotopic (exact) mass is 504 g/mol. The number of hydrogen-bond donors (Lipinski definition) is 2. The number of aromatic nitrogens is 6. The van der Waals surface area contributed by atoms with Crippen molar-refractivity contribution in [3.05, 3.63) is 60.8 Å². The molecular formula is C25H22F2N8O2. The molecule has 0 bridgehead atoms. The maximum atomic E-state index is 13.8. The average Bonchev–Trinajstić information content (AvgIpc) is 3.38. The predicted molar refractivity (Wildman–Crippen MR) is 134 cm³/mol. The van der Waals surface area contributed by atoms with Gasteiger partial charge >= 0.3 is 0 Å². The lowest BCUT2D eigenvalue weighted by Crippen LogP contribution is -2.31. The number of aryl methyl sites for hydroxylation is 2. The fourth-order valence-electron chi connectivity index (χ4n) is 4.29. The minimum absolute atomic E-state index is 0.0754. The lowest BCUT2D eigenvalue weighted by molar-refractivity contribution is -0.0712. The Hall–Kier alpha value is -4.45. The van der Waals surface area contributed by atoms with Gasteiger partial charge in [0.15, 0.2) is 5.82 Å². The van der Waals surface area contributed by atoms with Crippen LogP contribution in [0.25, 0.3) is 22.1 Å². The van der Waals surface area contributed by atoms with Crippen molar-refractivity contribution in [1.29, 1.82) is 0 Å². The van der Waals surface area contributed by atoms with Crippen LogP contribution in [0.15, 0.2) is 55.2 Å². The third-order valence-electron chi connectivity index (χ3n) is 6.29. The number of benzene rings is 2. The van der Waals surface area contributed by atoms with E-state index in [0.29, 0.717) is 28.4 Å². The van der Waals surface area contributed by atoms with Crippen molar-refractivity contribution in [1.82, 2.24) is 29.5 Å². The van der Waals surface area contributed by atoms with Gasteiger partial charge in [-0.05, 0) is 42.8 Å². The Kier molecular flexibility index (Phi) is 5.33. The molecule has 10 nitrogen and oxygen atoms in total. The minimum Gasteiger partial charge on any atom is -0.457 e. The summed E-state index contributed by atoms with van der Waals surface area (Å²) in [5, 5.41) is 12.9. The van der Waals surface area contributed by atoms with E-state index < -0.39 is 18.6 Å². The number of fused-ring (bicyclic) bond motifs is 2. The zero-order valence-corrected chi connectivity index (χ0v) is 19.9. The number of alkyl halides is 2. The van der Waals surface area contributed by atoms with Crippen molar-refractivity contribution >= 4 is 39.5 Å². The number of aliphatic hydroxyl groups is 1. The van der Waals surface area contributed by atoms with E-state index in [0.717, 1.165) is 22.3 Å². The van der Waals surface area contributed by atoms with E-state index in [1.807, 2.05) is 54.9 Å². The van der Waals surface area contributed by atoms with E-state index in [1.54, 1.807) is 6.33 Å². The highest BCUT2D eigenvalue weighted by Crippen LogP contribution is 2.32. The van der Waals surface area contributed by atoms with Crippen LogP contribution in [0.1, 0.15) is 5.56 Å². The summed E-state index contributed by atoms with van der Waals surface area (Å²) in [5.41, 5.74) is 4.30. The second kappa shape index (κ2) is 8.59. The van der Waals surface area contributed by atoms with E-state index in [9.17, 15) is 13.9 Å². The van der Waals surface area contributed by atoms with E-state index in [2.05, 4.69) is 30.2 Å². The Labute approximate surface area is 209 Å². The van der Waals surface area contributed by atoms with Crippen LogP contribution in [-0.4, -0.2) is 59.7 Å². The van der Waals surface area contributed by atoms with Gasteiger partial charge < -0.3 is 24.6 Å². The largest absolute Gasteiger partial charge is 0.457 e. The molecule has 0 radical (unpaired) electrons. The zero-order valence-electron chi connectivity index (χ0n) is 19.9. The molecule has 1 aliphatic heterocycles. The standard InChI is InChI=1S/C25H22F2N8O2/c1-14-7-15(3-6-20(14)37-16-4-5-19-17(8-16)31-13-34(19)2)32-23-22-18(29-12-30-23)9-28-24(33-22)35-10-21(36)25(26,27)11-35/h3-9,12-13,21,36H,10-11H2,1-2H3,(H,29,30,32). The first-order valence-corrected chi connectivity index (χ1v) is 11.5. The Morgan fingerprint density at radius 3 is 2.73 bits per heavy atom. The van der Waals surface area contributed by atoms with Gasteiger partial charge in [0.05, 0.1) is 36.6 Å². The average molecular weight is 505 g/mol. The fraction of sp³-hybridized carbons (Fsp3) is 0.240. The van der Waals surface area contributed by atoms with Crippen LogP contribution in [0, 0.1) is 6.92 Å². The first-order valence-electron chi connectivity index (χ1n) is 11.5. The van der Waals surface area contributed by atoms with Crippen LogP contribution in [0.4, 0.5) is 26.2 Å². The lowest BCUT2D eigenvalue weighted by Gasteiger charge is -2.16. The third-order valence-corrected chi connectivity index (χ3v) is 6.29. The Morgan fingerprint density at radius 1 is 1.08 bits per heavy atom. The molecule has 1 aliphatic rings. The summed E-state index contributed by atoms with van der Waals surface area (Å²) in [6.45, 7) is 1.00. The molecule has 0 amide bonds. The van der Waals surface area contributed by atoms with Crippen LogP contribution < -0.4 is 15.0 Å². The van der Waals surface area contributed by atoms with E-state index in [-0.39, 0.29) is 12.5 Å². The summed E-state index contributed by atoms with van der Waals surface area (Å²) in [7, 11) is 1.94. The van der Waals surface area contributed by atoms with Gasteiger partial charge in [0.25, 0.3) is 5.92 Å². The van der Waals surface area contributed by atoms with Crippen LogP contribution in [-0.2, 0) is 7.05 Å². The second-order valence-corrected chi connectivity index (χ2v) is 9.00. The van der Waals surface area contributed by atoms with Gasteiger partial charge in [-0.25, -0.2) is 33.7 Å². The van der Waals surface area contributed by atoms with Gasteiger partial charge in [-0.1, -0.05) is 0 Å². The van der Waals surface area contributed by atoms with Crippen LogP contribution in [0.5, 0.6) is 11.5 Å². The number of rotatable bonds is 5. The van der Waals surface area contributed by atoms with Gasteiger partial charge in [-0.2, -0.15) is 0 Å². The van der Waals surface area contributed by atoms with Crippen molar-refractivity contribution in [3.63, 3.8) is 0 Å². The van der Waals surface area contributed by atoms with E-state index in [1.165, 1.54) is 17.4 Å². The molecule has 4 heterocycles. The Bertz CT molecular complexity index is 1640. The number of ether oxygens (including phenoxy) is 1. The zero-order chi connectivity index (χ0) is 25.7. The van der Waals surface area contributed by atoms with Crippen molar-refractivity contribution in [3.8, 4) is 11.5 Å².